The topological polar surface area (TPSA) is 63.1 Å². The standard InChI is InChI=1S/C16H19F2N5O/c17-16(18)23-9-6-13(21-23)15(24)20-10-12-4-3-8-22(11-12)14-5-1-2-7-19-14/h1-2,5-7,9,12,16H,3-4,8,10-11H2,(H,20,24)/t12-/m0/s1. The molecule has 0 aliphatic carbocycles. The van der Waals surface area contributed by atoms with Crippen molar-refractivity contribution < 1.29 is 13.6 Å². The molecule has 6 nitrogen and oxygen atoms in total. The zero-order valence-electron chi connectivity index (χ0n) is 13.1. The van der Waals surface area contributed by atoms with E-state index in [1.165, 1.54) is 6.07 Å². The summed E-state index contributed by atoms with van der Waals surface area (Å²) in [6, 6.07) is 7.09. The molecule has 0 spiro atoms. The minimum Gasteiger partial charge on any atom is -0.356 e. The minimum atomic E-state index is -2.74. The van der Waals surface area contributed by atoms with Gasteiger partial charge in [0.05, 0.1) is 0 Å². The maximum Gasteiger partial charge on any atom is 0.333 e. The Morgan fingerprint density at radius 1 is 1.38 bits per heavy atom. The van der Waals surface area contributed by atoms with E-state index in [-0.39, 0.29) is 5.69 Å². The number of nitrogens with one attached hydrogen (secondary N) is 1. The molecule has 1 amide bonds. The van der Waals surface area contributed by atoms with Crippen LogP contribution in [-0.2, 0) is 0 Å². The maximum atomic E-state index is 12.5. The number of amides is 1. The number of hydrogen-bond donors (Lipinski definition) is 1. The van der Waals surface area contributed by atoms with Crippen molar-refractivity contribution in [2.75, 3.05) is 24.5 Å². The van der Waals surface area contributed by atoms with Crippen LogP contribution in [0.15, 0.2) is 36.7 Å². The van der Waals surface area contributed by atoms with Crippen LogP contribution < -0.4 is 10.2 Å². The van der Waals surface area contributed by atoms with Crippen LogP contribution in [0.2, 0.25) is 0 Å². The van der Waals surface area contributed by atoms with Crippen molar-refractivity contribution >= 4 is 11.7 Å². The summed E-state index contributed by atoms with van der Waals surface area (Å²) >= 11 is 0. The predicted molar refractivity (Wildman–Crippen MR) is 85.0 cm³/mol. The number of alkyl halides is 2. The Kier molecular flexibility index (Phi) is 5.02. The first-order valence-electron chi connectivity index (χ1n) is 7.91. The first kappa shape index (κ1) is 16.4. The Labute approximate surface area is 138 Å². The van der Waals surface area contributed by atoms with Gasteiger partial charge < -0.3 is 10.2 Å². The molecule has 1 aliphatic rings. The zero-order chi connectivity index (χ0) is 16.9. The molecule has 1 atom stereocenters. The summed E-state index contributed by atoms with van der Waals surface area (Å²) in [5, 5.41) is 6.36. The van der Waals surface area contributed by atoms with E-state index in [2.05, 4.69) is 20.3 Å². The highest BCUT2D eigenvalue weighted by Gasteiger charge is 2.22. The van der Waals surface area contributed by atoms with Crippen molar-refractivity contribution in [2.45, 2.75) is 19.4 Å². The predicted octanol–water partition coefficient (Wildman–Crippen LogP) is 2.32. The molecule has 8 heteroatoms. The minimum absolute atomic E-state index is 0.00712. The zero-order valence-corrected chi connectivity index (χ0v) is 13.1. The number of carbonyl (C=O) groups is 1. The lowest BCUT2D eigenvalue weighted by Gasteiger charge is -2.33. The Morgan fingerprint density at radius 3 is 2.96 bits per heavy atom. The van der Waals surface area contributed by atoms with Gasteiger partial charge in [0.2, 0.25) is 0 Å². The number of carbonyl (C=O) groups excluding carboxylic acids is 1. The fourth-order valence-electron chi connectivity index (χ4n) is 2.88. The highest BCUT2D eigenvalue weighted by molar-refractivity contribution is 5.92. The molecule has 24 heavy (non-hydrogen) atoms. The average molecular weight is 335 g/mol. The Bertz CT molecular complexity index is 676. The molecule has 0 saturated carbocycles. The smallest absolute Gasteiger partial charge is 0.333 e. The van der Waals surface area contributed by atoms with Crippen LogP contribution in [0.25, 0.3) is 0 Å². The number of halogens is 2. The van der Waals surface area contributed by atoms with Gasteiger partial charge in [0, 0.05) is 32.0 Å². The van der Waals surface area contributed by atoms with Gasteiger partial charge in [-0.05, 0) is 37.0 Å². The molecule has 1 N–H and O–H groups in total. The largest absolute Gasteiger partial charge is 0.356 e. The number of nitrogens with zero attached hydrogens (tertiary/aromatic N) is 4. The van der Waals surface area contributed by atoms with E-state index in [1.807, 2.05) is 18.2 Å². The Morgan fingerprint density at radius 2 is 2.25 bits per heavy atom. The molecule has 0 bridgehead atoms. The molecule has 0 unspecified atom stereocenters. The van der Waals surface area contributed by atoms with Crippen molar-refractivity contribution in [3.05, 3.63) is 42.4 Å². The first-order valence-corrected chi connectivity index (χ1v) is 7.91. The summed E-state index contributed by atoms with van der Waals surface area (Å²) in [7, 11) is 0. The van der Waals surface area contributed by atoms with Gasteiger partial charge in [-0.25, -0.2) is 9.67 Å². The monoisotopic (exact) mass is 335 g/mol. The lowest BCUT2D eigenvalue weighted by Crippen LogP contribution is -2.41. The molecule has 2 aromatic heterocycles. The van der Waals surface area contributed by atoms with Crippen molar-refractivity contribution in [2.24, 2.45) is 5.92 Å². The van der Waals surface area contributed by atoms with Crippen LogP contribution in [0, 0.1) is 5.92 Å². The molecule has 1 saturated heterocycles. The third-order valence-electron chi connectivity index (χ3n) is 4.08. The number of hydrogen-bond acceptors (Lipinski definition) is 4. The molecule has 128 valence electrons. The van der Waals surface area contributed by atoms with Crippen molar-refractivity contribution in [3.8, 4) is 0 Å². The molecule has 2 aromatic rings. The van der Waals surface area contributed by atoms with Crippen LogP contribution in [0.5, 0.6) is 0 Å². The van der Waals surface area contributed by atoms with Gasteiger partial charge in [0.25, 0.3) is 5.91 Å². The lowest BCUT2D eigenvalue weighted by atomic mass is 9.98. The van der Waals surface area contributed by atoms with E-state index in [4.69, 9.17) is 0 Å². The molecular formula is C16H19F2N5O. The Balaban J connectivity index is 1.53. The van der Waals surface area contributed by atoms with Gasteiger partial charge in [0.1, 0.15) is 11.5 Å². The van der Waals surface area contributed by atoms with E-state index >= 15 is 0 Å². The van der Waals surface area contributed by atoms with Gasteiger partial charge in [-0.2, -0.15) is 13.9 Å². The molecule has 0 aromatic carbocycles. The van der Waals surface area contributed by atoms with E-state index in [9.17, 15) is 13.6 Å². The number of piperidine rings is 1. The summed E-state index contributed by atoms with van der Waals surface area (Å²) in [5.74, 6) is 0.801. The van der Waals surface area contributed by atoms with Gasteiger partial charge in [-0.15, -0.1) is 0 Å². The van der Waals surface area contributed by atoms with Gasteiger partial charge in [-0.3, -0.25) is 4.79 Å². The van der Waals surface area contributed by atoms with Gasteiger partial charge in [0.15, 0.2) is 0 Å². The van der Waals surface area contributed by atoms with Crippen LogP contribution in [0.4, 0.5) is 14.6 Å². The highest BCUT2D eigenvalue weighted by Crippen LogP contribution is 2.20. The molecule has 1 fully saturated rings. The fraction of sp³-hybridized carbons (Fsp3) is 0.438. The fourth-order valence-corrected chi connectivity index (χ4v) is 2.88. The normalized spacial score (nSPS) is 18.0. The second kappa shape index (κ2) is 7.37. The van der Waals surface area contributed by atoms with Crippen molar-refractivity contribution in [1.29, 1.82) is 0 Å². The second-order valence-corrected chi connectivity index (χ2v) is 5.81. The van der Waals surface area contributed by atoms with Crippen LogP contribution in [0.1, 0.15) is 29.9 Å². The summed E-state index contributed by atoms with van der Waals surface area (Å²) in [6.07, 6.45) is 4.90. The average Bonchev–Trinajstić information content (AvgIpc) is 3.11. The third-order valence-corrected chi connectivity index (χ3v) is 4.08. The lowest BCUT2D eigenvalue weighted by molar-refractivity contribution is 0.0559. The molecular weight excluding hydrogens is 316 g/mol. The van der Waals surface area contributed by atoms with Gasteiger partial charge in [-0.1, -0.05) is 6.07 Å². The van der Waals surface area contributed by atoms with E-state index in [0.29, 0.717) is 17.1 Å². The SMILES string of the molecule is O=C(NC[C@@H]1CCCN(c2ccccn2)C1)c1ccn(C(F)F)n1. The third kappa shape index (κ3) is 3.87. The van der Waals surface area contributed by atoms with Crippen molar-refractivity contribution in [1.82, 2.24) is 20.1 Å². The quantitative estimate of drug-likeness (QED) is 0.911. The highest BCUT2D eigenvalue weighted by atomic mass is 19.3. The number of rotatable bonds is 5. The van der Waals surface area contributed by atoms with Crippen LogP contribution in [0.3, 0.4) is 0 Å². The first-order chi connectivity index (χ1) is 11.6. The Hall–Kier alpha value is -2.51. The molecule has 0 radical (unpaired) electrons. The summed E-state index contributed by atoms with van der Waals surface area (Å²) in [5.41, 5.74) is 0.00712. The number of anilines is 1. The van der Waals surface area contributed by atoms with Gasteiger partial charge >= 0.3 is 6.55 Å². The van der Waals surface area contributed by atoms with Crippen LogP contribution >= 0.6 is 0 Å². The summed E-state index contributed by atoms with van der Waals surface area (Å²) < 4.78 is 25.4. The molecule has 3 rings (SSSR count). The van der Waals surface area contributed by atoms with E-state index in [0.717, 1.165) is 37.9 Å². The molecule has 1 aliphatic heterocycles. The van der Waals surface area contributed by atoms with Crippen LogP contribution in [-0.4, -0.2) is 40.3 Å². The second-order valence-electron chi connectivity index (χ2n) is 5.81. The summed E-state index contributed by atoms with van der Waals surface area (Å²) in [6.45, 7) is -0.496. The van der Waals surface area contributed by atoms with E-state index in [1.54, 1.807) is 6.20 Å². The van der Waals surface area contributed by atoms with E-state index < -0.39 is 12.5 Å². The number of pyridine rings is 1. The van der Waals surface area contributed by atoms with Crippen molar-refractivity contribution in [3.63, 3.8) is 0 Å². The number of aromatic nitrogens is 3. The summed E-state index contributed by atoms with van der Waals surface area (Å²) in [4.78, 5) is 18.6. The maximum absolute atomic E-state index is 12.5. The molecule has 3 heterocycles.